The topological polar surface area (TPSA) is 87.7 Å². The minimum Gasteiger partial charge on any atom is -0.484 e. The third-order valence-electron chi connectivity index (χ3n) is 5.84. The molecule has 0 aliphatic carbocycles. The molecule has 2 N–H and O–H groups in total. The van der Waals surface area contributed by atoms with E-state index in [9.17, 15) is 14.4 Å². The molecule has 180 valence electrons. The number of anilines is 2. The molecule has 0 radical (unpaired) electrons. The van der Waals surface area contributed by atoms with Gasteiger partial charge in [0.05, 0.1) is 5.92 Å². The third kappa shape index (κ3) is 6.39. The van der Waals surface area contributed by atoms with Gasteiger partial charge in [0.25, 0.3) is 5.91 Å². The predicted molar refractivity (Wildman–Crippen MR) is 136 cm³/mol. The number of carbonyl (C=O) groups is 3. The molecular weight excluding hydrogens is 466 g/mol. The molecule has 4 rings (SSSR count). The maximum atomic E-state index is 12.6. The van der Waals surface area contributed by atoms with Crippen LogP contribution in [0.4, 0.5) is 11.4 Å². The molecule has 0 bridgehead atoms. The van der Waals surface area contributed by atoms with Crippen molar-refractivity contribution in [1.29, 1.82) is 0 Å². The van der Waals surface area contributed by atoms with Crippen molar-refractivity contribution in [3.8, 4) is 5.75 Å². The van der Waals surface area contributed by atoms with Crippen molar-refractivity contribution in [3.05, 3.63) is 88.9 Å². The number of rotatable bonds is 8. The summed E-state index contributed by atoms with van der Waals surface area (Å²) in [4.78, 5) is 38.9. The Morgan fingerprint density at radius 2 is 1.83 bits per heavy atom. The summed E-state index contributed by atoms with van der Waals surface area (Å²) in [6.45, 7) is 2.59. The van der Waals surface area contributed by atoms with Gasteiger partial charge >= 0.3 is 0 Å². The number of carbonyl (C=O) groups excluding carboxylic acids is 3. The maximum Gasteiger partial charge on any atom is 0.262 e. The number of aryl methyl sites for hydroxylation is 1. The van der Waals surface area contributed by atoms with E-state index in [4.69, 9.17) is 16.3 Å². The molecule has 3 amide bonds. The van der Waals surface area contributed by atoms with Crippen LogP contribution in [-0.2, 0) is 20.9 Å². The van der Waals surface area contributed by atoms with Crippen LogP contribution in [0, 0.1) is 12.8 Å². The SMILES string of the molecule is Cc1ccccc1CNC(=O)[C@H]1CC(=O)N(c2ccc(OCC(=O)Nc3cccc(Cl)c3)cc2)C1. The standard InChI is InChI=1S/C27H26ClN3O4/c1-18-5-2-3-6-19(18)15-29-27(34)20-13-26(33)31(16-20)23-9-11-24(12-10-23)35-17-25(32)30-22-8-4-7-21(28)14-22/h2-12,14,20H,13,15-17H2,1H3,(H,29,34)(H,30,32)/t20-/m0/s1. The number of halogens is 1. The summed E-state index contributed by atoms with van der Waals surface area (Å²) in [5.74, 6) is -0.456. The summed E-state index contributed by atoms with van der Waals surface area (Å²) >= 11 is 5.92. The molecule has 1 aliphatic heterocycles. The number of ether oxygens (including phenoxy) is 1. The van der Waals surface area contributed by atoms with Crippen molar-refractivity contribution in [2.24, 2.45) is 5.92 Å². The second-order valence-electron chi connectivity index (χ2n) is 8.39. The normalized spacial score (nSPS) is 15.1. The minimum absolute atomic E-state index is 0.101. The van der Waals surface area contributed by atoms with E-state index >= 15 is 0 Å². The summed E-state index contributed by atoms with van der Waals surface area (Å²) in [6, 6.07) is 21.6. The molecule has 0 aromatic heterocycles. The number of hydrogen-bond donors (Lipinski definition) is 2. The zero-order valence-corrected chi connectivity index (χ0v) is 20.0. The quantitative estimate of drug-likeness (QED) is 0.491. The van der Waals surface area contributed by atoms with Gasteiger partial charge in [-0.05, 0) is 60.5 Å². The molecule has 7 nitrogen and oxygen atoms in total. The molecule has 1 atom stereocenters. The van der Waals surface area contributed by atoms with Crippen molar-refractivity contribution in [3.63, 3.8) is 0 Å². The van der Waals surface area contributed by atoms with E-state index in [0.717, 1.165) is 11.1 Å². The summed E-state index contributed by atoms with van der Waals surface area (Å²) in [5, 5.41) is 6.19. The number of amides is 3. The molecule has 1 fully saturated rings. The zero-order valence-electron chi connectivity index (χ0n) is 19.3. The van der Waals surface area contributed by atoms with Crippen LogP contribution in [-0.4, -0.2) is 30.9 Å². The first-order valence-electron chi connectivity index (χ1n) is 11.3. The lowest BCUT2D eigenvalue weighted by atomic mass is 10.1. The minimum atomic E-state index is -0.405. The van der Waals surface area contributed by atoms with E-state index in [1.54, 1.807) is 53.4 Å². The molecule has 3 aromatic rings. The highest BCUT2D eigenvalue weighted by atomic mass is 35.5. The average molecular weight is 492 g/mol. The van der Waals surface area contributed by atoms with Gasteiger partial charge in [-0.2, -0.15) is 0 Å². The van der Waals surface area contributed by atoms with E-state index in [1.807, 2.05) is 31.2 Å². The maximum absolute atomic E-state index is 12.6. The second kappa shape index (κ2) is 11.1. The molecule has 1 heterocycles. The predicted octanol–water partition coefficient (Wildman–Crippen LogP) is 4.34. The molecule has 3 aromatic carbocycles. The summed E-state index contributed by atoms with van der Waals surface area (Å²) in [7, 11) is 0. The Labute approximate surface area is 209 Å². The molecule has 0 unspecified atom stereocenters. The first-order valence-corrected chi connectivity index (χ1v) is 11.7. The lowest BCUT2D eigenvalue weighted by molar-refractivity contribution is -0.126. The van der Waals surface area contributed by atoms with Crippen LogP contribution in [0.25, 0.3) is 0 Å². The van der Waals surface area contributed by atoms with Crippen LogP contribution in [0.3, 0.4) is 0 Å². The van der Waals surface area contributed by atoms with Crippen molar-refractivity contribution in [2.45, 2.75) is 19.9 Å². The smallest absolute Gasteiger partial charge is 0.262 e. The van der Waals surface area contributed by atoms with Crippen molar-refractivity contribution >= 4 is 40.7 Å². The van der Waals surface area contributed by atoms with Crippen LogP contribution in [0.15, 0.2) is 72.8 Å². The van der Waals surface area contributed by atoms with Crippen LogP contribution < -0.4 is 20.3 Å². The van der Waals surface area contributed by atoms with Crippen LogP contribution >= 0.6 is 11.6 Å². The number of nitrogens with zero attached hydrogens (tertiary/aromatic N) is 1. The summed E-state index contributed by atoms with van der Waals surface area (Å²) in [5.41, 5.74) is 3.44. The largest absolute Gasteiger partial charge is 0.484 e. The molecule has 1 aliphatic rings. The van der Waals surface area contributed by atoms with Gasteiger partial charge in [-0.25, -0.2) is 0 Å². The van der Waals surface area contributed by atoms with Gasteiger partial charge in [-0.15, -0.1) is 0 Å². The fourth-order valence-corrected chi connectivity index (χ4v) is 4.09. The van der Waals surface area contributed by atoms with Gasteiger partial charge in [0.2, 0.25) is 11.8 Å². The molecule has 35 heavy (non-hydrogen) atoms. The van der Waals surface area contributed by atoms with Crippen LogP contribution in [0.2, 0.25) is 5.02 Å². The zero-order chi connectivity index (χ0) is 24.8. The van der Waals surface area contributed by atoms with Gasteiger partial charge in [0.15, 0.2) is 6.61 Å². The Kier molecular flexibility index (Phi) is 7.67. The van der Waals surface area contributed by atoms with Gasteiger partial charge in [0, 0.05) is 35.9 Å². The molecular formula is C27H26ClN3O4. The van der Waals surface area contributed by atoms with Crippen molar-refractivity contribution in [2.75, 3.05) is 23.4 Å². The molecule has 8 heteroatoms. The van der Waals surface area contributed by atoms with E-state index < -0.39 is 5.92 Å². The lowest BCUT2D eigenvalue weighted by Crippen LogP contribution is -2.32. The Morgan fingerprint density at radius 1 is 1.06 bits per heavy atom. The Bertz CT molecular complexity index is 1230. The lowest BCUT2D eigenvalue weighted by Gasteiger charge is -2.17. The van der Waals surface area contributed by atoms with Gasteiger partial charge < -0.3 is 20.3 Å². The van der Waals surface area contributed by atoms with E-state index in [2.05, 4.69) is 10.6 Å². The highest BCUT2D eigenvalue weighted by Crippen LogP contribution is 2.27. The first kappa shape index (κ1) is 24.3. The van der Waals surface area contributed by atoms with Gasteiger partial charge in [0.1, 0.15) is 5.75 Å². The second-order valence-corrected chi connectivity index (χ2v) is 8.83. The summed E-state index contributed by atoms with van der Waals surface area (Å²) in [6.07, 6.45) is 0.168. The van der Waals surface area contributed by atoms with E-state index in [0.29, 0.717) is 35.2 Å². The Hall–Kier alpha value is -3.84. The monoisotopic (exact) mass is 491 g/mol. The molecule has 1 saturated heterocycles. The van der Waals surface area contributed by atoms with E-state index in [1.165, 1.54) is 0 Å². The Balaban J connectivity index is 1.27. The number of nitrogens with one attached hydrogen (secondary N) is 2. The Morgan fingerprint density at radius 3 is 2.57 bits per heavy atom. The highest BCUT2D eigenvalue weighted by molar-refractivity contribution is 6.30. The van der Waals surface area contributed by atoms with Gasteiger partial charge in [-0.1, -0.05) is 41.9 Å². The van der Waals surface area contributed by atoms with Crippen LogP contribution in [0.1, 0.15) is 17.5 Å². The third-order valence-corrected chi connectivity index (χ3v) is 6.07. The average Bonchev–Trinajstić information content (AvgIpc) is 3.24. The molecule has 0 spiro atoms. The van der Waals surface area contributed by atoms with Crippen LogP contribution in [0.5, 0.6) is 5.75 Å². The highest BCUT2D eigenvalue weighted by Gasteiger charge is 2.35. The van der Waals surface area contributed by atoms with E-state index in [-0.39, 0.29) is 30.7 Å². The van der Waals surface area contributed by atoms with Crippen molar-refractivity contribution < 1.29 is 19.1 Å². The van der Waals surface area contributed by atoms with Gasteiger partial charge in [-0.3, -0.25) is 14.4 Å². The number of hydrogen-bond acceptors (Lipinski definition) is 4. The first-order chi connectivity index (χ1) is 16.9. The fourth-order valence-electron chi connectivity index (χ4n) is 3.90. The summed E-state index contributed by atoms with van der Waals surface area (Å²) < 4.78 is 5.55. The van der Waals surface area contributed by atoms with Crippen molar-refractivity contribution in [1.82, 2.24) is 5.32 Å². The number of benzene rings is 3. The fraction of sp³-hybridized carbons (Fsp3) is 0.222. The molecule has 0 saturated carbocycles.